The molecule has 0 unspecified atom stereocenters. The molecule has 0 radical (unpaired) electrons. The van der Waals surface area contributed by atoms with Gasteiger partial charge in [0.15, 0.2) is 11.6 Å². The van der Waals surface area contributed by atoms with Crippen LogP contribution in [0.4, 0.5) is 8.78 Å². The number of hydrogen-bond donors (Lipinski definition) is 2. The molecule has 0 aliphatic carbocycles. The number of nitrogens with one attached hydrogen (secondary N) is 2. The maximum Gasteiger partial charge on any atom is 0.251 e. The Balaban J connectivity index is 1.53. The monoisotopic (exact) mass is 397 g/mol. The highest BCUT2D eigenvalue weighted by Gasteiger charge is 2.28. The molecule has 150 valence electrons. The van der Waals surface area contributed by atoms with Crippen LogP contribution in [0.25, 0.3) is 5.69 Å². The summed E-state index contributed by atoms with van der Waals surface area (Å²) in [6, 6.07) is 9.09. The van der Waals surface area contributed by atoms with Gasteiger partial charge in [0, 0.05) is 24.1 Å². The van der Waals surface area contributed by atoms with Crippen molar-refractivity contribution in [2.24, 2.45) is 0 Å². The summed E-state index contributed by atoms with van der Waals surface area (Å²) in [6.45, 7) is 3.22. The van der Waals surface area contributed by atoms with Gasteiger partial charge in [0.25, 0.3) is 5.91 Å². The number of piperidine rings is 1. The van der Waals surface area contributed by atoms with Crippen LogP contribution in [0.2, 0.25) is 0 Å². The molecule has 1 saturated heterocycles. The first kappa shape index (κ1) is 19.2. The molecule has 3 aromatic rings. The molecule has 2 N–H and O–H groups in total. The van der Waals surface area contributed by atoms with Gasteiger partial charge in [0.05, 0.1) is 5.69 Å². The van der Waals surface area contributed by atoms with Gasteiger partial charge in [0.2, 0.25) is 0 Å². The van der Waals surface area contributed by atoms with Crippen LogP contribution >= 0.6 is 0 Å². The summed E-state index contributed by atoms with van der Waals surface area (Å²) in [5, 5.41) is 10.4. The third-order valence-electron chi connectivity index (χ3n) is 5.29. The summed E-state index contributed by atoms with van der Waals surface area (Å²) in [4.78, 5) is 16.8. The lowest BCUT2D eigenvalue weighted by molar-refractivity contribution is 0.0924. The van der Waals surface area contributed by atoms with E-state index in [1.807, 2.05) is 13.0 Å². The molecule has 29 heavy (non-hydrogen) atoms. The topological polar surface area (TPSA) is 71.8 Å². The highest BCUT2D eigenvalue weighted by molar-refractivity contribution is 5.95. The third kappa shape index (κ3) is 4.02. The molecule has 0 saturated carbocycles. The molecule has 2 atom stereocenters. The molecule has 1 aliphatic heterocycles. The zero-order chi connectivity index (χ0) is 20.4. The number of aryl methyl sites for hydroxylation is 1. The number of aromatic nitrogens is 3. The van der Waals surface area contributed by atoms with Crippen LogP contribution < -0.4 is 10.6 Å². The highest BCUT2D eigenvalue weighted by atomic mass is 19.2. The lowest BCUT2D eigenvalue weighted by Crippen LogP contribution is -2.50. The third-order valence-corrected chi connectivity index (χ3v) is 5.29. The molecule has 1 amide bonds. The summed E-state index contributed by atoms with van der Waals surface area (Å²) in [5.41, 5.74) is 2.95. The van der Waals surface area contributed by atoms with Crippen molar-refractivity contribution in [3.8, 4) is 5.69 Å². The van der Waals surface area contributed by atoms with Crippen LogP contribution in [0.5, 0.6) is 0 Å². The molecular formula is C21H21F2N5O. The maximum atomic E-state index is 13.7. The van der Waals surface area contributed by atoms with E-state index in [1.165, 1.54) is 12.4 Å². The average molecular weight is 397 g/mol. The fourth-order valence-electron chi connectivity index (χ4n) is 3.79. The number of halogens is 2. The molecule has 0 bridgehead atoms. The van der Waals surface area contributed by atoms with Gasteiger partial charge in [-0.3, -0.25) is 4.79 Å². The van der Waals surface area contributed by atoms with E-state index in [1.54, 1.807) is 29.2 Å². The second kappa shape index (κ2) is 8.08. The quantitative estimate of drug-likeness (QED) is 0.710. The van der Waals surface area contributed by atoms with Crippen LogP contribution in [0.1, 0.15) is 33.8 Å². The smallest absolute Gasteiger partial charge is 0.251 e. The Kier molecular flexibility index (Phi) is 5.35. The van der Waals surface area contributed by atoms with Crippen LogP contribution in [0.3, 0.4) is 0 Å². The van der Waals surface area contributed by atoms with Crippen LogP contribution in [-0.2, 0) is 0 Å². The van der Waals surface area contributed by atoms with Crippen LogP contribution in [0.15, 0.2) is 49.1 Å². The number of rotatable bonds is 4. The summed E-state index contributed by atoms with van der Waals surface area (Å²) in [6.07, 6.45) is 3.77. The van der Waals surface area contributed by atoms with Gasteiger partial charge in [0.1, 0.15) is 12.7 Å². The summed E-state index contributed by atoms with van der Waals surface area (Å²) < 4.78 is 28.6. The second-order valence-electron chi connectivity index (χ2n) is 7.19. The van der Waals surface area contributed by atoms with Crippen molar-refractivity contribution >= 4 is 5.91 Å². The van der Waals surface area contributed by atoms with Crippen molar-refractivity contribution in [3.05, 3.63) is 77.4 Å². The normalized spacial score (nSPS) is 19.1. The summed E-state index contributed by atoms with van der Waals surface area (Å²) in [7, 11) is 0. The number of carbonyl (C=O) groups is 1. The first-order valence-electron chi connectivity index (χ1n) is 9.45. The molecular weight excluding hydrogens is 376 g/mol. The number of hydrogen-bond acceptors (Lipinski definition) is 4. The van der Waals surface area contributed by atoms with Crippen molar-refractivity contribution in [1.29, 1.82) is 0 Å². The Labute approximate surface area is 167 Å². The summed E-state index contributed by atoms with van der Waals surface area (Å²) in [5.74, 6) is -2.04. The number of amides is 1. The molecule has 0 spiro atoms. The van der Waals surface area contributed by atoms with Gasteiger partial charge >= 0.3 is 0 Å². The Morgan fingerprint density at radius 1 is 1.21 bits per heavy atom. The average Bonchev–Trinajstić information content (AvgIpc) is 3.25. The van der Waals surface area contributed by atoms with Crippen LogP contribution in [-0.4, -0.2) is 39.8 Å². The van der Waals surface area contributed by atoms with Crippen molar-refractivity contribution in [3.63, 3.8) is 0 Å². The van der Waals surface area contributed by atoms with Crippen molar-refractivity contribution < 1.29 is 13.6 Å². The van der Waals surface area contributed by atoms with Crippen LogP contribution in [0, 0.1) is 18.6 Å². The van der Waals surface area contributed by atoms with Gasteiger partial charge in [-0.1, -0.05) is 6.07 Å². The molecule has 1 aromatic heterocycles. The molecule has 1 aliphatic rings. The SMILES string of the molecule is Cc1cc(C(=O)N[C@@H]2CNCC[C@@H]2c2ccc(F)c(F)c2)ccc1-n1cncn1. The van der Waals surface area contributed by atoms with Crippen molar-refractivity contribution in [1.82, 2.24) is 25.4 Å². The Morgan fingerprint density at radius 2 is 2.07 bits per heavy atom. The van der Waals surface area contributed by atoms with Gasteiger partial charge in [-0.25, -0.2) is 18.4 Å². The second-order valence-corrected chi connectivity index (χ2v) is 7.19. The first-order valence-corrected chi connectivity index (χ1v) is 9.45. The molecule has 8 heteroatoms. The van der Waals surface area contributed by atoms with E-state index in [0.29, 0.717) is 17.7 Å². The number of carbonyl (C=O) groups excluding carboxylic acids is 1. The number of nitrogens with zero attached hydrogens (tertiary/aromatic N) is 3. The molecule has 2 aromatic carbocycles. The minimum atomic E-state index is -0.870. The molecule has 1 fully saturated rings. The number of benzene rings is 2. The van der Waals surface area contributed by atoms with Crippen molar-refractivity contribution in [2.75, 3.05) is 13.1 Å². The largest absolute Gasteiger partial charge is 0.347 e. The van der Waals surface area contributed by atoms with E-state index >= 15 is 0 Å². The Hall–Kier alpha value is -3.13. The predicted molar refractivity (Wildman–Crippen MR) is 104 cm³/mol. The first-order chi connectivity index (χ1) is 14.0. The zero-order valence-corrected chi connectivity index (χ0v) is 15.9. The predicted octanol–water partition coefficient (Wildman–Crippen LogP) is 2.73. The molecule has 4 rings (SSSR count). The van der Waals surface area contributed by atoms with E-state index in [9.17, 15) is 13.6 Å². The fraction of sp³-hybridized carbons (Fsp3) is 0.286. The maximum absolute atomic E-state index is 13.7. The van der Waals surface area contributed by atoms with E-state index in [4.69, 9.17) is 0 Å². The van der Waals surface area contributed by atoms with Gasteiger partial charge < -0.3 is 10.6 Å². The lowest BCUT2D eigenvalue weighted by Gasteiger charge is -2.33. The molecule has 2 heterocycles. The van der Waals surface area contributed by atoms with Gasteiger partial charge in [-0.05, 0) is 61.3 Å². The standard InChI is InChI=1S/C21H21F2N5O/c1-13-8-15(3-5-20(13)28-12-25-11-26-28)21(29)27-19-10-24-7-6-16(19)14-2-4-17(22)18(23)9-14/h2-5,8-9,11-12,16,19,24H,6-7,10H2,1H3,(H,27,29)/t16-,19-/m1/s1. The summed E-state index contributed by atoms with van der Waals surface area (Å²) >= 11 is 0. The fourth-order valence-corrected chi connectivity index (χ4v) is 3.79. The van der Waals surface area contributed by atoms with E-state index in [0.717, 1.165) is 30.3 Å². The highest BCUT2D eigenvalue weighted by Crippen LogP contribution is 2.27. The molecule has 6 nitrogen and oxygen atoms in total. The Morgan fingerprint density at radius 3 is 2.79 bits per heavy atom. The van der Waals surface area contributed by atoms with E-state index in [2.05, 4.69) is 20.7 Å². The zero-order valence-electron chi connectivity index (χ0n) is 15.9. The van der Waals surface area contributed by atoms with Crippen molar-refractivity contribution in [2.45, 2.75) is 25.3 Å². The Bertz CT molecular complexity index is 1020. The van der Waals surface area contributed by atoms with Gasteiger partial charge in [-0.2, -0.15) is 5.10 Å². The lowest BCUT2D eigenvalue weighted by atomic mass is 9.85. The minimum absolute atomic E-state index is 0.0918. The van der Waals surface area contributed by atoms with E-state index < -0.39 is 11.6 Å². The van der Waals surface area contributed by atoms with Gasteiger partial charge in [-0.15, -0.1) is 0 Å². The minimum Gasteiger partial charge on any atom is -0.347 e. The van der Waals surface area contributed by atoms with E-state index in [-0.39, 0.29) is 17.9 Å².